The van der Waals surface area contributed by atoms with E-state index in [2.05, 4.69) is 15.4 Å². The van der Waals surface area contributed by atoms with Gasteiger partial charge in [0.15, 0.2) is 11.6 Å². The van der Waals surface area contributed by atoms with Crippen LogP contribution in [0.5, 0.6) is 0 Å². The summed E-state index contributed by atoms with van der Waals surface area (Å²) in [4.78, 5) is 24.6. The minimum atomic E-state index is -4.89. The second kappa shape index (κ2) is 5.91. The van der Waals surface area contributed by atoms with Crippen molar-refractivity contribution >= 4 is 32.7 Å². The number of ketones is 2. The van der Waals surface area contributed by atoms with Crippen LogP contribution in [-0.4, -0.2) is 39.9 Å². The van der Waals surface area contributed by atoms with E-state index in [1.807, 2.05) is 0 Å². The number of benzene rings is 2. The van der Waals surface area contributed by atoms with E-state index in [0.717, 1.165) is 6.07 Å². The van der Waals surface area contributed by atoms with Gasteiger partial charge < -0.3 is 4.55 Å². The fourth-order valence-electron chi connectivity index (χ4n) is 2.73. The van der Waals surface area contributed by atoms with E-state index in [0.29, 0.717) is 0 Å². The van der Waals surface area contributed by atoms with Crippen LogP contribution in [0.25, 0.3) is 11.0 Å². The van der Waals surface area contributed by atoms with Crippen LogP contribution in [0.1, 0.15) is 31.8 Å². The fraction of sp³-hybridized carbons (Fsp3) is 0. The number of hydrogen-bond acceptors (Lipinski definition) is 7. The molecule has 0 radical (unpaired) electrons. The van der Waals surface area contributed by atoms with Crippen molar-refractivity contribution in [3.05, 3.63) is 52.6 Å². The van der Waals surface area contributed by atoms with Gasteiger partial charge in [-0.3, -0.25) is 9.59 Å². The number of fused-ring (bicyclic) bond motifs is 4. The largest absolute Gasteiger partial charge is 1.00 e. The van der Waals surface area contributed by atoms with E-state index < -0.39 is 26.6 Å². The molecule has 1 N–H and O–H groups in total. The molecule has 8 nitrogen and oxygen atoms in total. The smallest absolute Gasteiger partial charge is 0.744 e. The van der Waals surface area contributed by atoms with Crippen molar-refractivity contribution in [2.75, 3.05) is 0 Å². The van der Waals surface area contributed by atoms with Crippen LogP contribution in [0.3, 0.4) is 0 Å². The molecular weight excluding hydrogens is 361 g/mol. The zero-order chi connectivity index (χ0) is 16.4. The van der Waals surface area contributed by atoms with Crippen LogP contribution < -0.4 is 51.4 Å². The Morgan fingerprint density at radius 2 is 1.50 bits per heavy atom. The van der Waals surface area contributed by atoms with Crippen molar-refractivity contribution in [1.82, 2.24) is 15.4 Å². The number of carbonyl (C=O) groups is 2. The van der Waals surface area contributed by atoms with Crippen molar-refractivity contribution in [3.63, 3.8) is 0 Å². The first-order valence-corrected chi connectivity index (χ1v) is 7.82. The molecule has 10 heteroatoms. The van der Waals surface area contributed by atoms with Gasteiger partial charge in [-0.1, -0.05) is 24.3 Å². The summed E-state index contributed by atoms with van der Waals surface area (Å²) in [5, 5.41) is 9.57. The molecule has 0 saturated carbocycles. The Bertz CT molecular complexity index is 1140. The second-order valence-electron chi connectivity index (χ2n) is 4.98. The predicted molar refractivity (Wildman–Crippen MR) is 75.2 cm³/mol. The van der Waals surface area contributed by atoms with Crippen LogP contribution in [0.15, 0.2) is 35.2 Å². The van der Waals surface area contributed by atoms with Gasteiger partial charge in [-0.2, -0.15) is 15.4 Å². The molecule has 0 bridgehead atoms. The Morgan fingerprint density at radius 3 is 2.12 bits per heavy atom. The number of nitrogens with zero attached hydrogens (tertiary/aromatic N) is 2. The van der Waals surface area contributed by atoms with Crippen LogP contribution >= 0.6 is 0 Å². The molecule has 1 aliphatic carbocycles. The van der Waals surface area contributed by atoms with Gasteiger partial charge in [0.05, 0.1) is 10.5 Å². The average Bonchev–Trinajstić information content (AvgIpc) is 2.99. The summed E-state index contributed by atoms with van der Waals surface area (Å²) in [5.74, 6) is -1.01. The molecule has 0 atom stereocenters. The van der Waals surface area contributed by atoms with Gasteiger partial charge in [-0.25, -0.2) is 8.42 Å². The summed E-state index contributed by atoms with van der Waals surface area (Å²) in [6.45, 7) is 0. The third kappa shape index (κ3) is 2.42. The third-order valence-corrected chi connectivity index (χ3v) is 4.57. The van der Waals surface area contributed by atoms with Crippen molar-refractivity contribution in [1.29, 1.82) is 0 Å². The van der Waals surface area contributed by atoms with E-state index in [1.54, 1.807) is 12.1 Å². The molecule has 1 aromatic heterocycles. The van der Waals surface area contributed by atoms with Crippen molar-refractivity contribution in [3.8, 4) is 0 Å². The van der Waals surface area contributed by atoms with Crippen LogP contribution in [0.4, 0.5) is 0 Å². The summed E-state index contributed by atoms with van der Waals surface area (Å²) < 4.78 is 34.3. The molecule has 24 heavy (non-hydrogen) atoms. The van der Waals surface area contributed by atoms with Crippen LogP contribution in [0.2, 0.25) is 0 Å². The standard InChI is InChI=1S/C14H7N3O5S.K/c18-13-6-3-1-2-4-7(6)14(19)10-8(13)5-9(23(20,21)22)11-12(10)16-17-15-11;/h1-5H,(H,15,16,17)(H,20,21,22);/q;+1/p-1. The van der Waals surface area contributed by atoms with Crippen molar-refractivity contribution in [2.24, 2.45) is 0 Å². The van der Waals surface area contributed by atoms with Gasteiger partial charge >= 0.3 is 51.4 Å². The Labute approximate surface area is 177 Å². The van der Waals surface area contributed by atoms with E-state index in [4.69, 9.17) is 0 Å². The van der Waals surface area contributed by atoms with E-state index in [-0.39, 0.29) is 84.7 Å². The van der Waals surface area contributed by atoms with Gasteiger partial charge in [-0.15, -0.1) is 0 Å². The molecule has 0 aliphatic heterocycles. The normalized spacial score (nSPS) is 13.4. The number of aromatic nitrogens is 3. The Morgan fingerprint density at radius 1 is 0.917 bits per heavy atom. The predicted octanol–water partition coefficient (Wildman–Crippen LogP) is -2.36. The number of hydrogen-bond donors (Lipinski definition) is 1. The summed E-state index contributed by atoms with van der Waals surface area (Å²) >= 11 is 0. The minimum absolute atomic E-state index is 0. The maximum atomic E-state index is 12.7. The Kier molecular flexibility index (Phi) is 4.32. The molecule has 114 valence electrons. The van der Waals surface area contributed by atoms with Crippen LogP contribution in [-0.2, 0) is 10.1 Å². The molecule has 0 saturated heterocycles. The number of carbonyl (C=O) groups excluding carboxylic acids is 2. The molecule has 3 aromatic rings. The first kappa shape index (κ1) is 17.5. The molecular formula is C14H6KN3O5S. The SMILES string of the molecule is O=C1c2ccccc2C(=O)c2c1cc(S(=O)(=O)[O-])c1n[nH]nc21.[K+]. The van der Waals surface area contributed by atoms with Gasteiger partial charge in [-0.05, 0) is 6.07 Å². The third-order valence-electron chi connectivity index (χ3n) is 3.72. The number of aromatic amines is 1. The molecule has 0 spiro atoms. The summed E-state index contributed by atoms with van der Waals surface area (Å²) in [6.07, 6.45) is 0. The van der Waals surface area contributed by atoms with Crippen LogP contribution in [0, 0.1) is 0 Å². The zero-order valence-corrected chi connectivity index (χ0v) is 16.2. The maximum absolute atomic E-state index is 12.7. The molecule has 1 aliphatic rings. The Balaban J connectivity index is 0.00000169. The molecule has 4 rings (SSSR count). The van der Waals surface area contributed by atoms with Crippen molar-refractivity contribution in [2.45, 2.75) is 4.90 Å². The first-order valence-electron chi connectivity index (χ1n) is 6.41. The summed E-state index contributed by atoms with van der Waals surface area (Å²) in [5.41, 5.74) is -0.215. The molecule has 0 unspecified atom stereocenters. The quantitative estimate of drug-likeness (QED) is 0.294. The van der Waals surface area contributed by atoms with Gasteiger partial charge in [0, 0.05) is 16.7 Å². The average molecular weight is 367 g/mol. The zero-order valence-electron chi connectivity index (χ0n) is 12.2. The number of H-pyrrole nitrogens is 1. The monoisotopic (exact) mass is 367 g/mol. The topological polar surface area (TPSA) is 133 Å². The van der Waals surface area contributed by atoms with E-state index in [9.17, 15) is 22.6 Å². The van der Waals surface area contributed by atoms with Gasteiger partial charge in [0.1, 0.15) is 21.2 Å². The first-order chi connectivity index (χ1) is 10.9. The number of rotatable bonds is 1. The summed E-state index contributed by atoms with van der Waals surface area (Å²) in [7, 11) is -4.89. The van der Waals surface area contributed by atoms with Crippen molar-refractivity contribution < 1.29 is 73.9 Å². The molecule has 2 aromatic carbocycles. The second-order valence-corrected chi connectivity index (χ2v) is 6.32. The summed E-state index contributed by atoms with van der Waals surface area (Å²) in [6, 6.07) is 7.08. The maximum Gasteiger partial charge on any atom is 1.00 e. The number of nitrogens with one attached hydrogen (secondary N) is 1. The van der Waals surface area contributed by atoms with Gasteiger partial charge in [0.25, 0.3) is 0 Å². The van der Waals surface area contributed by atoms with Gasteiger partial charge in [0.2, 0.25) is 0 Å². The Hall–Kier alpha value is -1.27. The minimum Gasteiger partial charge on any atom is -0.744 e. The van der Waals surface area contributed by atoms with E-state index in [1.165, 1.54) is 12.1 Å². The fourth-order valence-corrected chi connectivity index (χ4v) is 3.38. The molecule has 0 amide bonds. The van der Waals surface area contributed by atoms with E-state index >= 15 is 0 Å². The molecule has 0 fully saturated rings. The molecule has 1 heterocycles.